The lowest BCUT2D eigenvalue weighted by molar-refractivity contribution is -0.274. The Kier molecular flexibility index (Phi) is 4.36. The summed E-state index contributed by atoms with van der Waals surface area (Å²) in [6.07, 6.45) is -1.43. The van der Waals surface area contributed by atoms with Crippen molar-refractivity contribution in [1.29, 1.82) is 0 Å². The van der Waals surface area contributed by atoms with Crippen molar-refractivity contribution in [2.75, 3.05) is 5.32 Å². The highest BCUT2D eigenvalue weighted by molar-refractivity contribution is 5.73. The van der Waals surface area contributed by atoms with E-state index < -0.39 is 6.36 Å². The standard InChI is InChI=1S/C13H10F3N3O2/c14-13(15,16)21-11-3-1-2-9(4-11)5-17-12-18-6-10(8-20)7-19-12/h1-4,6-8H,5H2,(H,17,18,19). The predicted molar refractivity (Wildman–Crippen MR) is 67.9 cm³/mol. The lowest BCUT2D eigenvalue weighted by Gasteiger charge is -2.10. The molecule has 0 saturated heterocycles. The number of alkyl halides is 3. The number of nitrogens with one attached hydrogen (secondary N) is 1. The molecule has 8 heteroatoms. The van der Waals surface area contributed by atoms with E-state index in [2.05, 4.69) is 20.0 Å². The van der Waals surface area contributed by atoms with Crippen LogP contribution in [-0.2, 0) is 6.54 Å². The highest BCUT2D eigenvalue weighted by atomic mass is 19.4. The normalized spacial score (nSPS) is 11.0. The molecular formula is C13H10F3N3O2. The fraction of sp³-hybridized carbons (Fsp3) is 0.154. The number of carbonyl (C=O) groups excluding carboxylic acids is 1. The number of carbonyl (C=O) groups is 1. The van der Waals surface area contributed by atoms with Crippen molar-refractivity contribution >= 4 is 12.2 Å². The van der Waals surface area contributed by atoms with Gasteiger partial charge in [-0.2, -0.15) is 0 Å². The number of halogens is 3. The van der Waals surface area contributed by atoms with Crippen LogP contribution < -0.4 is 10.1 Å². The first-order valence-corrected chi connectivity index (χ1v) is 5.82. The lowest BCUT2D eigenvalue weighted by atomic mass is 10.2. The molecule has 0 aliphatic rings. The van der Waals surface area contributed by atoms with Crippen molar-refractivity contribution in [1.82, 2.24) is 9.97 Å². The second-order valence-corrected chi connectivity index (χ2v) is 4.01. The number of anilines is 1. The summed E-state index contributed by atoms with van der Waals surface area (Å²) in [5, 5.41) is 2.83. The molecule has 0 spiro atoms. The van der Waals surface area contributed by atoms with E-state index in [1.807, 2.05) is 0 Å². The number of hydrogen-bond donors (Lipinski definition) is 1. The van der Waals surface area contributed by atoms with Gasteiger partial charge < -0.3 is 10.1 Å². The van der Waals surface area contributed by atoms with Crippen LogP contribution in [0.4, 0.5) is 19.1 Å². The fourth-order valence-corrected chi connectivity index (χ4v) is 1.52. The third-order valence-corrected chi connectivity index (χ3v) is 2.39. The van der Waals surface area contributed by atoms with Gasteiger partial charge in [0.25, 0.3) is 0 Å². The summed E-state index contributed by atoms with van der Waals surface area (Å²) in [7, 11) is 0. The van der Waals surface area contributed by atoms with E-state index in [-0.39, 0.29) is 18.2 Å². The van der Waals surface area contributed by atoms with Crippen molar-refractivity contribution in [3.63, 3.8) is 0 Å². The van der Waals surface area contributed by atoms with E-state index in [1.165, 1.54) is 30.6 Å². The molecule has 0 unspecified atom stereocenters. The summed E-state index contributed by atoms with van der Waals surface area (Å²) in [6, 6.07) is 5.57. The van der Waals surface area contributed by atoms with Crippen molar-refractivity contribution in [2.45, 2.75) is 12.9 Å². The molecular weight excluding hydrogens is 287 g/mol. The number of aromatic nitrogens is 2. The Morgan fingerprint density at radius 1 is 1.24 bits per heavy atom. The Labute approximate surface area is 117 Å². The number of hydrogen-bond acceptors (Lipinski definition) is 5. The summed E-state index contributed by atoms with van der Waals surface area (Å²) in [5.41, 5.74) is 0.904. The van der Waals surface area contributed by atoms with Crippen molar-refractivity contribution < 1.29 is 22.7 Å². The molecule has 0 atom stereocenters. The molecule has 0 amide bonds. The van der Waals surface area contributed by atoms with Crippen molar-refractivity contribution in [3.05, 3.63) is 47.8 Å². The summed E-state index contributed by atoms with van der Waals surface area (Å²) in [6.45, 7) is 0.218. The van der Waals surface area contributed by atoms with Crippen molar-refractivity contribution in [3.8, 4) is 5.75 Å². The molecule has 1 heterocycles. The molecule has 5 nitrogen and oxygen atoms in total. The zero-order valence-corrected chi connectivity index (χ0v) is 10.6. The SMILES string of the molecule is O=Cc1cnc(NCc2cccc(OC(F)(F)F)c2)nc1. The first kappa shape index (κ1) is 14.8. The van der Waals surface area contributed by atoms with Crippen LogP contribution in [0.25, 0.3) is 0 Å². The van der Waals surface area contributed by atoms with Crippen LogP contribution in [-0.4, -0.2) is 22.6 Å². The molecule has 0 aliphatic heterocycles. The van der Waals surface area contributed by atoms with E-state index in [1.54, 1.807) is 6.07 Å². The zero-order chi connectivity index (χ0) is 15.3. The van der Waals surface area contributed by atoms with Gasteiger partial charge in [-0.3, -0.25) is 4.79 Å². The first-order chi connectivity index (χ1) is 9.96. The Balaban J connectivity index is 1.99. The van der Waals surface area contributed by atoms with E-state index in [4.69, 9.17) is 0 Å². The minimum absolute atomic E-state index is 0.218. The number of nitrogens with zero attached hydrogens (tertiary/aromatic N) is 2. The lowest BCUT2D eigenvalue weighted by Crippen LogP contribution is -2.17. The van der Waals surface area contributed by atoms with Gasteiger partial charge >= 0.3 is 6.36 Å². The Morgan fingerprint density at radius 3 is 2.57 bits per heavy atom. The van der Waals surface area contributed by atoms with Crippen molar-refractivity contribution in [2.24, 2.45) is 0 Å². The number of ether oxygens (including phenoxy) is 1. The van der Waals surface area contributed by atoms with Crippen LogP contribution in [0.15, 0.2) is 36.7 Å². The van der Waals surface area contributed by atoms with Gasteiger partial charge in [0.2, 0.25) is 5.95 Å². The average molecular weight is 297 g/mol. The summed E-state index contributed by atoms with van der Waals surface area (Å²) in [4.78, 5) is 18.2. The minimum atomic E-state index is -4.72. The predicted octanol–water partition coefficient (Wildman–Crippen LogP) is 2.80. The smallest absolute Gasteiger partial charge is 0.406 e. The van der Waals surface area contributed by atoms with Gasteiger partial charge in [0.1, 0.15) is 5.75 Å². The van der Waals surface area contributed by atoms with Gasteiger partial charge in [-0.1, -0.05) is 12.1 Å². The number of aldehydes is 1. The van der Waals surface area contributed by atoms with E-state index in [0.29, 0.717) is 17.4 Å². The van der Waals surface area contributed by atoms with Gasteiger partial charge in [-0.05, 0) is 17.7 Å². The van der Waals surface area contributed by atoms with Crippen LogP contribution in [0.2, 0.25) is 0 Å². The van der Waals surface area contributed by atoms with E-state index >= 15 is 0 Å². The number of rotatable bonds is 5. The molecule has 1 aromatic heterocycles. The van der Waals surface area contributed by atoms with Gasteiger partial charge in [0.15, 0.2) is 6.29 Å². The number of benzene rings is 1. The van der Waals surface area contributed by atoms with Crippen LogP contribution >= 0.6 is 0 Å². The molecule has 2 aromatic rings. The summed E-state index contributed by atoms with van der Waals surface area (Å²) in [5.74, 6) is -0.0261. The highest BCUT2D eigenvalue weighted by Gasteiger charge is 2.31. The zero-order valence-electron chi connectivity index (χ0n) is 10.6. The third-order valence-electron chi connectivity index (χ3n) is 2.39. The second kappa shape index (κ2) is 6.21. The molecule has 0 fully saturated rings. The second-order valence-electron chi connectivity index (χ2n) is 4.01. The molecule has 0 aliphatic carbocycles. The monoisotopic (exact) mass is 297 g/mol. The maximum Gasteiger partial charge on any atom is 0.573 e. The van der Waals surface area contributed by atoms with Gasteiger partial charge in [-0.25, -0.2) is 9.97 Å². The molecule has 21 heavy (non-hydrogen) atoms. The topological polar surface area (TPSA) is 64.1 Å². The van der Waals surface area contributed by atoms with Gasteiger partial charge in [0, 0.05) is 18.9 Å². The molecule has 0 radical (unpaired) electrons. The fourth-order valence-electron chi connectivity index (χ4n) is 1.52. The quantitative estimate of drug-likeness (QED) is 0.860. The molecule has 0 bridgehead atoms. The van der Waals surface area contributed by atoms with Gasteiger partial charge in [0.05, 0.1) is 5.56 Å². The highest BCUT2D eigenvalue weighted by Crippen LogP contribution is 2.23. The maximum atomic E-state index is 12.1. The Morgan fingerprint density at radius 2 is 1.95 bits per heavy atom. The Bertz CT molecular complexity index is 615. The van der Waals surface area contributed by atoms with Crippen LogP contribution in [0.3, 0.4) is 0 Å². The first-order valence-electron chi connectivity index (χ1n) is 5.82. The average Bonchev–Trinajstić information content (AvgIpc) is 2.44. The van der Waals surface area contributed by atoms with Crippen LogP contribution in [0, 0.1) is 0 Å². The van der Waals surface area contributed by atoms with Crippen LogP contribution in [0.1, 0.15) is 15.9 Å². The maximum absolute atomic E-state index is 12.1. The molecule has 110 valence electrons. The third kappa shape index (κ3) is 4.75. The summed E-state index contributed by atoms with van der Waals surface area (Å²) >= 11 is 0. The Hall–Kier alpha value is -2.64. The molecule has 1 aromatic carbocycles. The van der Waals surface area contributed by atoms with E-state index in [0.717, 1.165) is 0 Å². The molecule has 2 rings (SSSR count). The summed E-state index contributed by atoms with van der Waals surface area (Å²) < 4.78 is 40.2. The molecule has 0 saturated carbocycles. The molecule has 1 N–H and O–H groups in total. The largest absolute Gasteiger partial charge is 0.573 e. The van der Waals surface area contributed by atoms with Crippen LogP contribution in [0.5, 0.6) is 5.75 Å². The minimum Gasteiger partial charge on any atom is -0.406 e. The van der Waals surface area contributed by atoms with E-state index in [9.17, 15) is 18.0 Å². The van der Waals surface area contributed by atoms with Gasteiger partial charge in [-0.15, -0.1) is 13.2 Å².